The summed E-state index contributed by atoms with van der Waals surface area (Å²) in [5.74, 6) is -3.33. The maximum Gasteiger partial charge on any atom is 0.345 e. The van der Waals surface area contributed by atoms with Crippen molar-refractivity contribution >= 4 is 76.2 Å². The number of rotatable bonds is 4. The highest BCUT2D eigenvalue weighted by atomic mass is 32.2. The second-order valence-corrected chi connectivity index (χ2v) is 14.3. The van der Waals surface area contributed by atoms with Crippen LogP contribution in [0.1, 0.15) is 34.0 Å². The van der Waals surface area contributed by atoms with E-state index in [-0.39, 0.29) is 32.6 Å². The number of hydrogen-bond acceptors (Lipinski definition) is 13. The van der Waals surface area contributed by atoms with Gasteiger partial charge in [0, 0.05) is 27.3 Å². The Morgan fingerprint density at radius 1 is 0.756 bits per heavy atom. The predicted molar refractivity (Wildman–Crippen MR) is 171 cm³/mol. The Balaban J connectivity index is 1.79. The van der Waals surface area contributed by atoms with Gasteiger partial charge >= 0.3 is 23.9 Å². The number of aryl methyl sites for hydroxylation is 1. The fraction of sp³-hybridized carbons (Fsp3) is 0.281. The van der Waals surface area contributed by atoms with Gasteiger partial charge in [0.1, 0.15) is 18.8 Å². The molecule has 2 aromatic rings. The van der Waals surface area contributed by atoms with E-state index in [1.54, 1.807) is 12.1 Å². The Morgan fingerprint density at radius 3 is 1.91 bits per heavy atom. The molecule has 45 heavy (non-hydrogen) atoms. The van der Waals surface area contributed by atoms with Gasteiger partial charge in [0.05, 0.1) is 46.1 Å². The average Bonchev–Trinajstić information content (AvgIpc) is 3.44. The molecule has 13 heteroatoms. The minimum atomic E-state index is -1.61. The number of carbonyl (C=O) groups is 5. The summed E-state index contributed by atoms with van der Waals surface area (Å²) in [6.45, 7) is 3.96. The number of thioether (sulfide) groups is 3. The smallest absolute Gasteiger partial charge is 0.345 e. The molecule has 0 aromatic heterocycles. The van der Waals surface area contributed by atoms with Gasteiger partial charge in [-0.1, -0.05) is 77.8 Å². The molecule has 1 spiro atoms. The molecule has 10 nitrogen and oxygen atoms in total. The first kappa shape index (κ1) is 31.1. The third-order valence-electron chi connectivity index (χ3n) is 8.33. The Hall–Kier alpha value is -3.94. The lowest BCUT2D eigenvalue weighted by Gasteiger charge is -2.55. The molecule has 0 bridgehead atoms. The molecule has 0 N–H and O–H groups in total. The maximum absolute atomic E-state index is 13.9. The molecule has 0 radical (unpaired) electrons. The molecular formula is C32H27NO9S3. The standard InChI is InChI=1S/C32H27NO9S3/c1-15-10-9-12-17-20-26(31(2)18-13-8-7-11-16(18)19(34)14-33(31)22(15)17)43-23(28(36)40-4)21(27(35)39-3)32(20)44-24(29(37)41-5)25(45-32)30(38)42-6/h7-13H,14H2,1-6H3/t31-/m0/s1. The molecule has 0 saturated heterocycles. The van der Waals surface area contributed by atoms with Gasteiger partial charge in [-0.2, -0.15) is 0 Å². The lowest BCUT2D eigenvalue weighted by atomic mass is 9.74. The number of methoxy groups -OCH3 is 4. The first-order chi connectivity index (χ1) is 21.5. The number of ketones is 1. The van der Waals surface area contributed by atoms with E-state index in [4.69, 9.17) is 18.9 Å². The summed E-state index contributed by atoms with van der Waals surface area (Å²) in [6.07, 6.45) is 0. The minimum Gasteiger partial charge on any atom is -0.466 e. The molecule has 2 aromatic carbocycles. The van der Waals surface area contributed by atoms with E-state index in [0.29, 0.717) is 27.2 Å². The van der Waals surface area contributed by atoms with E-state index in [0.717, 1.165) is 46.5 Å². The monoisotopic (exact) mass is 665 g/mol. The van der Waals surface area contributed by atoms with Crippen LogP contribution in [0.2, 0.25) is 0 Å². The van der Waals surface area contributed by atoms with Gasteiger partial charge in [-0.05, 0) is 25.0 Å². The van der Waals surface area contributed by atoms with Crippen LogP contribution in [0.4, 0.5) is 5.69 Å². The number of anilines is 1. The molecule has 6 rings (SSSR count). The zero-order valence-corrected chi connectivity index (χ0v) is 27.5. The van der Waals surface area contributed by atoms with E-state index in [1.807, 2.05) is 49.1 Å². The highest BCUT2D eigenvalue weighted by Gasteiger charge is 2.63. The van der Waals surface area contributed by atoms with Crippen molar-refractivity contribution in [1.29, 1.82) is 0 Å². The van der Waals surface area contributed by atoms with Crippen molar-refractivity contribution in [3.8, 4) is 0 Å². The van der Waals surface area contributed by atoms with Crippen molar-refractivity contribution in [2.24, 2.45) is 0 Å². The van der Waals surface area contributed by atoms with Crippen LogP contribution in [-0.2, 0) is 43.7 Å². The van der Waals surface area contributed by atoms with Gasteiger partial charge in [-0.15, -0.1) is 0 Å². The normalized spacial score (nSPS) is 21.1. The molecular weight excluding hydrogens is 639 g/mol. The summed E-state index contributed by atoms with van der Waals surface area (Å²) >= 11 is 2.91. The highest BCUT2D eigenvalue weighted by Crippen LogP contribution is 2.72. The lowest BCUT2D eigenvalue weighted by Crippen LogP contribution is -2.56. The number of carbonyl (C=O) groups excluding carboxylic acids is 5. The average molecular weight is 666 g/mol. The van der Waals surface area contributed by atoms with Gasteiger partial charge in [-0.25, -0.2) is 19.2 Å². The Morgan fingerprint density at radius 2 is 1.31 bits per heavy atom. The molecule has 0 amide bonds. The van der Waals surface area contributed by atoms with Crippen molar-refractivity contribution in [2.45, 2.75) is 23.5 Å². The second kappa shape index (κ2) is 11.1. The van der Waals surface area contributed by atoms with Crippen LogP contribution in [0, 0.1) is 6.92 Å². The van der Waals surface area contributed by atoms with E-state index in [2.05, 4.69) is 0 Å². The van der Waals surface area contributed by atoms with E-state index < -0.39 is 33.5 Å². The van der Waals surface area contributed by atoms with Gasteiger partial charge in [-0.3, -0.25) is 4.79 Å². The largest absolute Gasteiger partial charge is 0.466 e. The number of fused-ring (bicyclic) bond motifs is 8. The number of ether oxygens (including phenoxy) is 4. The summed E-state index contributed by atoms with van der Waals surface area (Å²) < 4.78 is 19.0. The zero-order chi connectivity index (χ0) is 32.4. The van der Waals surface area contributed by atoms with Crippen LogP contribution < -0.4 is 4.90 Å². The van der Waals surface area contributed by atoms with E-state index in [9.17, 15) is 24.0 Å². The van der Waals surface area contributed by atoms with Crippen LogP contribution in [0.5, 0.6) is 0 Å². The molecule has 0 unspecified atom stereocenters. The molecule has 0 saturated carbocycles. The van der Waals surface area contributed by atoms with Gasteiger partial charge in [0.15, 0.2) is 5.78 Å². The van der Waals surface area contributed by atoms with Crippen molar-refractivity contribution < 1.29 is 42.9 Å². The van der Waals surface area contributed by atoms with Crippen molar-refractivity contribution in [2.75, 3.05) is 39.9 Å². The Kier molecular flexibility index (Phi) is 7.69. The topological polar surface area (TPSA) is 126 Å². The SMILES string of the molecule is COC(=O)C1=C(C(=O)OC)SC2(S1)C(C(=O)OC)=C(C(=O)OC)SC1=C2c2cccc(C)c2N2CC(=O)c3ccccc3[C@@]12C. The van der Waals surface area contributed by atoms with Crippen molar-refractivity contribution in [1.82, 2.24) is 0 Å². The summed E-state index contributed by atoms with van der Waals surface area (Å²) in [7, 11) is 4.77. The Bertz CT molecular complexity index is 1810. The van der Waals surface area contributed by atoms with Gasteiger partial charge in [0.25, 0.3) is 0 Å². The van der Waals surface area contributed by atoms with Crippen LogP contribution in [0.3, 0.4) is 0 Å². The number of para-hydroxylation sites is 1. The number of esters is 4. The molecule has 4 aliphatic rings. The second-order valence-electron chi connectivity index (χ2n) is 10.6. The number of Topliss-reactive ketones (excluding diaryl/α,β-unsaturated/α-hetero) is 1. The molecule has 232 valence electrons. The molecule has 4 aliphatic heterocycles. The number of nitrogens with zero attached hydrogens (tertiary/aromatic N) is 1. The summed E-state index contributed by atoms with van der Waals surface area (Å²) in [5.41, 5.74) is 2.98. The fourth-order valence-electron chi connectivity index (χ4n) is 6.34. The van der Waals surface area contributed by atoms with Crippen LogP contribution in [-0.4, -0.2) is 68.7 Å². The van der Waals surface area contributed by atoms with Crippen molar-refractivity contribution in [3.63, 3.8) is 0 Å². The lowest BCUT2D eigenvalue weighted by molar-refractivity contribution is -0.138. The summed E-state index contributed by atoms with van der Waals surface area (Å²) in [5, 5.41) is 0. The van der Waals surface area contributed by atoms with Crippen LogP contribution in [0.15, 0.2) is 67.7 Å². The third kappa shape index (κ3) is 4.23. The van der Waals surface area contributed by atoms with Gasteiger partial charge < -0.3 is 23.8 Å². The zero-order valence-electron chi connectivity index (χ0n) is 25.1. The molecule has 0 fully saturated rings. The first-order valence-corrected chi connectivity index (χ1v) is 16.1. The minimum absolute atomic E-state index is 0.0518. The Labute approximate surface area is 271 Å². The highest BCUT2D eigenvalue weighted by molar-refractivity contribution is 8.26. The molecule has 0 aliphatic carbocycles. The van der Waals surface area contributed by atoms with Crippen LogP contribution in [0.25, 0.3) is 5.57 Å². The van der Waals surface area contributed by atoms with Crippen LogP contribution >= 0.6 is 35.3 Å². The maximum atomic E-state index is 13.9. The van der Waals surface area contributed by atoms with E-state index >= 15 is 0 Å². The fourth-order valence-corrected chi connectivity index (χ4v) is 11.5. The molecule has 1 atom stereocenters. The number of benzene rings is 2. The summed E-state index contributed by atoms with van der Waals surface area (Å²) in [6, 6.07) is 13.0. The predicted octanol–water partition coefficient (Wildman–Crippen LogP) is 4.72. The first-order valence-electron chi connectivity index (χ1n) is 13.6. The molecule has 4 heterocycles. The van der Waals surface area contributed by atoms with E-state index in [1.165, 1.54) is 28.4 Å². The van der Waals surface area contributed by atoms with Crippen molar-refractivity contribution in [3.05, 3.63) is 89.9 Å². The summed E-state index contributed by atoms with van der Waals surface area (Å²) in [4.78, 5) is 69.9. The quantitative estimate of drug-likeness (QED) is 0.331. The number of hydrogen-bond donors (Lipinski definition) is 0. The third-order valence-corrected chi connectivity index (χ3v) is 12.9. The van der Waals surface area contributed by atoms with Gasteiger partial charge in [0.2, 0.25) is 0 Å².